The minimum atomic E-state index is 0.112. The highest BCUT2D eigenvalue weighted by Crippen LogP contribution is 2.48. The Morgan fingerprint density at radius 3 is 1.19 bits per heavy atom. The topological polar surface area (TPSA) is 0 Å². The molecule has 5 rings (SSSR count). The van der Waals surface area contributed by atoms with Crippen molar-refractivity contribution in [1.82, 2.24) is 0 Å². The highest BCUT2D eigenvalue weighted by Gasteiger charge is 2.35. The number of hydrogen-bond acceptors (Lipinski definition) is 0. The summed E-state index contributed by atoms with van der Waals surface area (Å²) in [4.78, 5) is 0. The highest BCUT2D eigenvalue weighted by atomic mass is 14.4. The van der Waals surface area contributed by atoms with Gasteiger partial charge in [-0.1, -0.05) is 132 Å². The molecule has 0 N–H and O–H groups in total. The molecule has 0 atom stereocenters. The van der Waals surface area contributed by atoms with Crippen molar-refractivity contribution in [3.05, 3.63) is 142 Å². The van der Waals surface area contributed by atoms with Gasteiger partial charge in [-0.3, -0.25) is 0 Å². The molecule has 4 aromatic rings. The molecule has 0 unspecified atom stereocenters. The lowest BCUT2D eigenvalue weighted by molar-refractivity contribution is 0.189. The zero-order valence-corrected chi connectivity index (χ0v) is 22.6. The summed E-state index contributed by atoms with van der Waals surface area (Å²) in [5.41, 5.74) is 11.6. The Labute approximate surface area is 218 Å². The first-order valence-corrected chi connectivity index (χ1v) is 13.5. The molecule has 0 aliphatic heterocycles. The fourth-order valence-electron chi connectivity index (χ4n) is 6.74. The van der Waals surface area contributed by atoms with Crippen molar-refractivity contribution < 1.29 is 0 Å². The van der Waals surface area contributed by atoms with E-state index in [-0.39, 0.29) is 10.8 Å². The van der Waals surface area contributed by atoms with E-state index < -0.39 is 0 Å². The Morgan fingerprint density at radius 2 is 0.833 bits per heavy atom. The zero-order valence-electron chi connectivity index (χ0n) is 22.6. The summed E-state index contributed by atoms with van der Waals surface area (Å²) in [5.74, 6) is 0.335. The first-order chi connectivity index (χ1) is 17.1. The molecule has 0 saturated carbocycles. The van der Waals surface area contributed by atoms with E-state index in [1.165, 1.54) is 44.5 Å². The Hall–Kier alpha value is -3.12. The summed E-state index contributed by atoms with van der Waals surface area (Å²) in [6.07, 6.45) is 4.07. The molecular weight excluding hydrogens is 432 g/mol. The molecule has 8 bridgehead atoms. The maximum Gasteiger partial charge on any atom is 0.0141 e. The van der Waals surface area contributed by atoms with Crippen molar-refractivity contribution >= 4 is 0 Å². The predicted molar refractivity (Wildman–Crippen MR) is 154 cm³/mol. The molecule has 0 heterocycles. The maximum atomic E-state index is 2.48. The molecule has 1 aliphatic carbocycles. The van der Waals surface area contributed by atoms with Crippen molar-refractivity contribution in [2.24, 2.45) is 10.8 Å². The number of hydrogen-bond donors (Lipinski definition) is 0. The van der Waals surface area contributed by atoms with Crippen LogP contribution in [0.15, 0.2) is 97.1 Å². The molecule has 0 radical (unpaired) electrons. The number of benzene rings is 4. The van der Waals surface area contributed by atoms with E-state index in [1.54, 1.807) is 0 Å². The van der Waals surface area contributed by atoms with Crippen LogP contribution >= 0.6 is 0 Å². The van der Waals surface area contributed by atoms with Gasteiger partial charge < -0.3 is 0 Å². The van der Waals surface area contributed by atoms with Crippen LogP contribution in [0.25, 0.3) is 0 Å². The summed E-state index contributed by atoms with van der Waals surface area (Å²) in [5, 5.41) is 0. The van der Waals surface area contributed by atoms with Gasteiger partial charge in [0.15, 0.2) is 0 Å². The lowest BCUT2D eigenvalue weighted by Gasteiger charge is -2.40. The van der Waals surface area contributed by atoms with Crippen molar-refractivity contribution in [2.45, 2.75) is 66.2 Å². The lowest BCUT2D eigenvalue weighted by atomic mass is 9.64. The summed E-state index contributed by atoms with van der Waals surface area (Å²) in [6, 6.07) is 37.1. The maximum absolute atomic E-state index is 2.48. The van der Waals surface area contributed by atoms with Gasteiger partial charge in [0.1, 0.15) is 0 Å². The summed E-state index contributed by atoms with van der Waals surface area (Å²) in [7, 11) is 0. The van der Waals surface area contributed by atoms with Crippen molar-refractivity contribution in [1.29, 1.82) is 0 Å². The number of rotatable bonds is 2. The monoisotopic (exact) mass is 472 g/mol. The highest BCUT2D eigenvalue weighted by molar-refractivity contribution is 5.42. The van der Waals surface area contributed by atoms with Crippen LogP contribution in [0.3, 0.4) is 0 Å². The molecular formula is C36H40. The van der Waals surface area contributed by atoms with Crippen molar-refractivity contribution in [2.75, 3.05) is 0 Å². The Morgan fingerprint density at radius 1 is 0.500 bits per heavy atom. The van der Waals surface area contributed by atoms with E-state index in [0.29, 0.717) is 5.92 Å². The summed E-state index contributed by atoms with van der Waals surface area (Å²) < 4.78 is 0. The molecule has 1 aliphatic rings. The van der Waals surface area contributed by atoms with E-state index in [2.05, 4.69) is 132 Å². The van der Waals surface area contributed by atoms with E-state index in [4.69, 9.17) is 0 Å². The van der Waals surface area contributed by atoms with Gasteiger partial charge in [-0.15, -0.1) is 0 Å². The van der Waals surface area contributed by atoms with E-state index in [1.807, 2.05) is 0 Å². The standard InChI is InChI=1S/C36H40/c1-35(2,3)25-36(4,5)34-32-16-8-14-30(23-32)21-28-12-6-10-26(19-28)18-27-11-7-13-29(20-27)22-31-15-9-17-33(34)24-31/h6-17,19-20,23-24,34H,18,21-22,25H2,1-5H3. The fraction of sp³-hybridized carbons (Fsp3) is 0.333. The molecule has 4 aromatic carbocycles. The smallest absolute Gasteiger partial charge is 0.0141 e. The second kappa shape index (κ2) is 9.74. The van der Waals surface area contributed by atoms with Gasteiger partial charge in [0.05, 0.1) is 0 Å². The largest absolute Gasteiger partial charge is 0.0617 e. The Balaban J connectivity index is 1.67. The quantitative estimate of drug-likeness (QED) is 0.272. The van der Waals surface area contributed by atoms with Crippen molar-refractivity contribution in [3.8, 4) is 0 Å². The zero-order chi connectivity index (χ0) is 25.3. The third-order valence-corrected chi connectivity index (χ3v) is 7.54. The first kappa shape index (κ1) is 24.6. The third kappa shape index (κ3) is 5.81. The van der Waals surface area contributed by atoms with Crippen LogP contribution in [0.4, 0.5) is 0 Å². The van der Waals surface area contributed by atoms with Crippen molar-refractivity contribution in [3.63, 3.8) is 0 Å². The SMILES string of the molecule is CC(C)(C)CC(C)(C)C1c2cccc(c2)Cc2cccc(c2)Cc2cccc(c2)Cc2cccc1c2. The van der Waals surface area contributed by atoms with E-state index >= 15 is 0 Å². The first-order valence-electron chi connectivity index (χ1n) is 13.5. The molecule has 0 amide bonds. The lowest BCUT2D eigenvalue weighted by Crippen LogP contribution is -2.28. The second-order valence-electron chi connectivity index (χ2n) is 12.8. The molecule has 36 heavy (non-hydrogen) atoms. The summed E-state index contributed by atoms with van der Waals surface area (Å²) in [6.45, 7) is 12.0. The van der Waals surface area contributed by atoms with E-state index in [9.17, 15) is 0 Å². The normalized spacial score (nSPS) is 14.5. The average molecular weight is 473 g/mol. The van der Waals surface area contributed by atoms with Gasteiger partial charge in [-0.25, -0.2) is 0 Å². The molecule has 0 fully saturated rings. The molecule has 0 saturated heterocycles. The van der Waals surface area contributed by atoms with E-state index in [0.717, 1.165) is 25.7 Å². The molecule has 184 valence electrons. The predicted octanol–water partition coefficient (Wildman–Crippen LogP) is 9.37. The Bertz CT molecular complexity index is 1260. The van der Waals surface area contributed by atoms with Crippen LogP contribution in [0.5, 0.6) is 0 Å². The summed E-state index contributed by atoms with van der Waals surface area (Å²) >= 11 is 0. The Kier molecular flexibility index (Phi) is 6.64. The van der Waals surface area contributed by atoms with Gasteiger partial charge in [-0.2, -0.15) is 0 Å². The fourth-order valence-corrected chi connectivity index (χ4v) is 6.74. The molecule has 0 spiro atoms. The van der Waals surface area contributed by atoms with Crippen LogP contribution in [0.1, 0.15) is 91.5 Å². The van der Waals surface area contributed by atoms with Gasteiger partial charge in [0, 0.05) is 5.92 Å². The van der Waals surface area contributed by atoms with Crippen LogP contribution in [0, 0.1) is 10.8 Å². The van der Waals surface area contributed by atoms with Gasteiger partial charge in [-0.05, 0) is 81.0 Å². The molecule has 0 heteroatoms. The van der Waals surface area contributed by atoms with Gasteiger partial charge in [0.25, 0.3) is 0 Å². The van der Waals surface area contributed by atoms with Crippen LogP contribution in [0.2, 0.25) is 0 Å². The van der Waals surface area contributed by atoms with Crippen LogP contribution < -0.4 is 0 Å². The molecule has 0 nitrogen and oxygen atoms in total. The van der Waals surface area contributed by atoms with Gasteiger partial charge >= 0.3 is 0 Å². The second-order valence-corrected chi connectivity index (χ2v) is 12.8. The minimum Gasteiger partial charge on any atom is -0.0617 e. The van der Waals surface area contributed by atoms with Crippen LogP contribution in [-0.4, -0.2) is 0 Å². The number of fused-ring (bicyclic) bond motifs is 8. The molecule has 0 aromatic heterocycles. The average Bonchev–Trinajstić information content (AvgIpc) is 2.78. The minimum absolute atomic E-state index is 0.112. The van der Waals surface area contributed by atoms with Crippen LogP contribution in [-0.2, 0) is 19.3 Å². The van der Waals surface area contributed by atoms with Gasteiger partial charge in [0.2, 0.25) is 0 Å². The third-order valence-electron chi connectivity index (χ3n) is 7.54.